The Labute approximate surface area is 132 Å². The molecule has 0 atom stereocenters. The van der Waals surface area contributed by atoms with E-state index in [9.17, 15) is 4.39 Å². The van der Waals surface area contributed by atoms with Crippen molar-refractivity contribution in [1.29, 1.82) is 5.26 Å². The molecule has 1 aromatic heterocycles. The Kier molecular flexibility index (Phi) is 3.09. The van der Waals surface area contributed by atoms with Gasteiger partial charge in [-0.05, 0) is 42.8 Å². The first kappa shape index (κ1) is 13.5. The van der Waals surface area contributed by atoms with Crippen molar-refractivity contribution in [1.82, 2.24) is 9.78 Å². The summed E-state index contributed by atoms with van der Waals surface area (Å²) in [5.41, 5.74) is 3.66. The summed E-state index contributed by atoms with van der Waals surface area (Å²) in [5.74, 6) is 0.625. The average molecular weight is 304 g/mol. The lowest BCUT2D eigenvalue weighted by Crippen LogP contribution is -2.04. The third kappa shape index (κ3) is 2.16. The molecule has 0 amide bonds. The minimum Gasteiger partial charge on any atom is -0.369 e. The van der Waals surface area contributed by atoms with Crippen LogP contribution in [-0.4, -0.2) is 16.3 Å². The van der Waals surface area contributed by atoms with Gasteiger partial charge in [0.05, 0.1) is 17.3 Å². The third-order valence-corrected chi connectivity index (χ3v) is 4.02. The Morgan fingerprint density at radius 3 is 2.65 bits per heavy atom. The zero-order valence-electron chi connectivity index (χ0n) is 12.3. The molecule has 4 rings (SSSR count). The molecule has 3 aromatic rings. The second-order valence-corrected chi connectivity index (χ2v) is 5.40. The van der Waals surface area contributed by atoms with E-state index in [-0.39, 0.29) is 5.82 Å². The molecule has 0 spiro atoms. The molecule has 2 heterocycles. The molecule has 0 radical (unpaired) electrons. The largest absolute Gasteiger partial charge is 0.369 e. The van der Waals surface area contributed by atoms with Crippen molar-refractivity contribution in [2.75, 3.05) is 11.9 Å². The van der Waals surface area contributed by atoms with Gasteiger partial charge in [-0.3, -0.25) is 0 Å². The van der Waals surface area contributed by atoms with Gasteiger partial charge in [-0.15, -0.1) is 0 Å². The summed E-state index contributed by atoms with van der Waals surface area (Å²) < 4.78 is 15.9. The van der Waals surface area contributed by atoms with Crippen LogP contribution in [0.5, 0.6) is 0 Å². The van der Waals surface area contributed by atoms with Gasteiger partial charge >= 0.3 is 0 Å². The van der Waals surface area contributed by atoms with Crippen LogP contribution < -0.4 is 5.32 Å². The first-order chi connectivity index (χ1) is 11.3. The van der Waals surface area contributed by atoms with Crippen LogP contribution in [0.25, 0.3) is 16.9 Å². The van der Waals surface area contributed by atoms with Gasteiger partial charge in [0.1, 0.15) is 17.3 Å². The van der Waals surface area contributed by atoms with Crippen LogP contribution >= 0.6 is 0 Å². The molecule has 0 saturated heterocycles. The number of hydrogen-bond donors (Lipinski definition) is 1. The first-order valence-electron chi connectivity index (χ1n) is 7.39. The number of halogens is 1. The Bertz CT molecular complexity index is 919. The van der Waals surface area contributed by atoms with E-state index in [0.29, 0.717) is 16.8 Å². The highest BCUT2D eigenvalue weighted by Gasteiger charge is 2.25. The van der Waals surface area contributed by atoms with E-state index in [2.05, 4.69) is 16.5 Å². The number of fused-ring (bicyclic) bond motifs is 1. The van der Waals surface area contributed by atoms with E-state index in [1.165, 1.54) is 6.07 Å². The van der Waals surface area contributed by atoms with Gasteiger partial charge in [0, 0.05) is 17.7 Å². The van der Waals surface area contributed by atoms with Crippen molar-refractivity contribution in [3.63, 3.8) is 0 Å². The second kappa shape index (κ2) is 5.25. The van der Waals surface area contributed by atoms with Gasteiger partial charge in [0.25, 0.3) is 0 Å². The lowest BCUT2D eigenvalue weighted by Gasteiger charge is -2.06. The minimum absolute atomic E-state index is 0.272. The topological polar surface area (TPSA) is 53.6 Å². The number of anilines is 1. The molecule has 112 valence electrons. The van der Waals surface area contributed by atoms with Crippen LogP contribution in [0.3, 0.4) is 0 Å². The van der Waals surface area contributed by atoms with Crippen LogP contribution in [-0.2, 0) is 6.42 Å². The van der Waals surface area contributed by atoms with Crippen molar-refractivity contribution in [3.05, 3.63) is 65.5 Å². The molecule has 23 heavy (non-hydrogen) atoms. The molecular formula is C18H13FN4. The van der Waals surface area contributed by atoms with E-state index in [1.807, 2.05) is 18.2 Å². The van der Waals surface area contributed by atoms with Crippen LogP contribution in [0, 0.1) is 17.1 Å². The monoisotopic (exact) mass is 304 g/mol. The van der Waals surface area contributed by atoms with E-state index in [1.54, 1.807) is 28.9 Å². The number of aromatic nitrogens is 2. The molecule has 1 aliphatic rings. The first-order valence-corrected chi connectivity index (χ1v) is 7.39. The van der Waals surface area contributed by atoms with E-state index in [4.69, 9.17) is 5.26 Å². The van der Waals surface area contributed by atoms with Crippen molar-refractivity contribution in [3.8, 4) is 23.0 Å². The van der Waals surface area contributed by atoms with E-state index >= 15 is 0 Å². The SMILES string of the molecule is N#Cc1ccc(-n2nc(-c3ccccc3F)c3c2NCC3)cc1. The molecular weight excluding hydrogens is 291 g/mol. The predicted octanol–water partition coefficient (Wildman–Crippen LogP) is 3.52. The van der Waals surface area contributed by atoms with Gasteiger partial charge in [0.2, 0.25) is 0 Å². The number of nitrogens with zero attached hydrogens (tertiary/aromatic N) is 3. The third-order valence-electron chi connectivity index (χ3n) is 4.02. The van der Waals surface area contributed by atoms with Crippen LogP contribution in [0.2, 0.25) is 0 Å². The minimum atomic E-state index is -0.272. The molecule has 0 bridgehead atoms. The maximum Gasteiger partial charge on any atom is 0.133 e. The number of rotatable bonds is 2. The van der Waals surface area contributed by atoms with Gasteiger partial charge in [-0.2, -0.15) is 10.4 Å². The Morgan fingerprint density at radius 1 is 1.13 bits per heavy atom. The average Bonchev–Trinajstić information content (AvgIpc) is 3.18. The summed E-state index contributed by atoms with van der Waals surface area (Å²) >= 11 is 0. The number of hydrogen-bond acceptors (Lipinski definition) is 3. The standard InChI is InChI=1S/C18H13FN4/c19-16-4-2-1-3-14(16)17-15-9-10-21-18(15)23(22-17)13-7-5-12(11-20)6-8-13/h1-8,21H,9-10H2. The normalized spacial score (nSPS) is 12.5. The van der Waals surface area contributed by atoms with Crippen molar-refractivity contribution in [2.45, 2.75) is 6.42 Å². The number of benzene rings is 2. The van der Waals surface area contributed by atoms with Gasteiger partial charge in [-0.1, -0.05) is 12.1 Å². The summed E-state index contributed by atoms with van der Waals surface area (Å²) in [6.07, 6.45) is 0.815. The van der Waals surface area contributed by atoms with Crippen LogP contribution in [0.4, 0.5) is 10.2 Å². The van der Waals surface area contributed by atoms with Gasteiger partial charge < -0.3 is 5.32 Å². The van der Waals surface area contributed by atoms with Gasteiger partial charge in [0.15, 0.2) is 0 Å². The fraction of sp³-hybridized carbons (Fsp3) is 0.111. The molecule has 2 aromatic carbocycles. The zero-order chi connectivity index (χ0) is 15.8. The smallest absolute Gasteiger partial charge is 0.133 e. The van der Waals surface area contributed by atoms with E-state index < -0.39 is 0 Å². The summed E-state index contributed by atoms with van der Waals surface area (Å²) in [6, 6.07) is 16.0. The molecule has 1 N–H and O–H groups in total. The van der Waals surface area contributed by atoms with Crippen molar-refractivity contribution < 1.29 is 4.39 Å². The highest BCUT2D eigenvalue weighted by Crippen LogP contribution is 2.35. The quantitative estimate of drug-likeness (QED) is 0.788. The Balaban J connectivity index is 1.88. The lowest BCUT2D eigenvalue weighted by molar-refractivity contribution is 0.630. The molecule has 4 nitrogen and oxygen atoms in total. The maximum atomic E-state index is 14.1. The Hall–Kier alpha value is -3.13. The summed E-state index contributed by atoms with van der Waals surface area (Å²) in [7, 11) is 0. The summed E-state index contributed by atoms with van der Waals surface area (Å²) in [4.78, 5) is 0. The highest BCUT2D eigenvalue weighted by molar-refractivity contribution is 5.73. The fourth-order valence-corrected chi connectivity index (χ4v) is 2.91. The Morgan fingerprint density at radius 2 is 1.91 bits per heavy atom. The predicted molar refractivity (Wildman–Crippen MR) is 85.9 cm³/mol. The van der Waals surface area contributed by atoms with Crippen molar-refractivity contribution in [2.24, 2.45) is 0 Å². The summed E-state index contributed by atoms with van der Waals surface area (Å²) in [6.45, 7) is 0.810. The zero-order valence-corrected chi connectivity index (χ0v) is 12.3. The second-order valence-electron chi connectivity index (χ2n) is 5.40. The molecule has 1 aliphatic heterocycles. The maximum absolute atomic E-state index is 14.1. The van der Waals surface area contributed by atoms with Crippen LogP contribution in [0.1, 0.15) is 11.1 Å². The van der Waals surface area contributed by atoms with Crippen LogP contribution in [0.15, 0.2) is 48.5 Å². The van der Waals surface area contributed by atoms with Gasteiger partial charge in [-0.25, -0.2) is 9.07 Å². The molecule has 5 heteroatoms. The molecule has 0 fully saturated rings. The highest BCUT2D eigenvalue weighted by atomic mass is 19.1. The number of nitrogens with one attached hydrogen (secondary N) is 1. The van der Waals surface area contributed by atoms with E-state index in [0.717, 1.165) is 30.0 Å². The molecule has 0 unspecified atom stereocenters. The fourth-order valence-electron chi connectivity index (χ4n) is 2.91. The number of nitriles is 1. The summed E-state index contributed by atoms with van der Waals surface area (Å²) in [5, 5.41) is 16.8. The van der Waals surface area contributed by atoms with Crippen molar-refractivity contribution >= 4 is 5.82 Å². The molecule has 0 aliphatic carbocycles. The molecule has 0 saturated carbocycles. The lowest BCUT2D eigenvalue weighted by atomic mass is 10.1.